The average molecular weight is 939 g/mol. The second-order valence-electron chi connectivity index (χ2n) is 19.7. The molecule has 0 radical (unpaired) electrons. The molecular formula is C61H111NO5. The summed E-state index contributed by atoms with van der Waals surface area (Å²) in [6, 6.07) is -0.709. The minimum Gasteiger partial charge on any atom is -0.462 e. The predicted octanol–water partition coefficient (Wildman–Crippen LogP) is 18.0. The van der Waals surface area contributed by atoms with Gasteiger partial charge in [-0.2, -0.15) is 0 Å². The lowest BCUT2D eigenvalue weighted by molar-refractivity contribution is -0.151. The third-order valence-electron chi connectivity index (χ3n) is 13.1. The Hall–Kier alpha value is -2.44. The van der Waals surface area contributed by atoms with Crippen LogP contribution in [0.15, 0.2) is 60.8 Å². The van der Waals surface area contributed by atoms with Crippen LogP contribution in [0.25, 0.3) is 0 Å². The van der Waals surface area contributed by atoms with Crippen LogP contribution < -0.4 is 5.32 Å². The topological polar surface area (TPSA) is 95.9 Å². The van der Waals surface area contributed by atoms with E-state index in [0.717, 1.165) is 89.9 Å². The molecule has 0 aliphatic carbocycles. The number of ether oxygens (including phenoxy) is 1. The smallest absolute Gasteiger partial charge is 0.306 e. The van der Waals surface area contributed by atoms with Crippen LogP contribution in [0.3, 0.4) is 0 Å². The molecular weight excluding hydrogens is 827 g/mol. The van der Waals surface area contributed by atoms with Crippen molar-refractivity contribution >= 4 is 11.9 Å². The third kappa shape index (κ3) is 49.8. The van der Waals surface area contributed by atoms with Crippen LogP contribution in [0.4, 0.5) is 0 Å². The minimum absolute atomic E-state index is 0.0657. The summed E-state index contributed by atoms with van der Waals surface area (Å²) < 4.78 is 5.94. The highest BCUT2D eigenvalue weighted by Gasteiger charge is 2.24. The number of nitrogens with one attached hydrogen (secondary N) is 1. The van der Waals surface area contributed by atoms with Gasteiger partial charge in [-0.3, -0.25) is 9.59 Å². The Morgan fingerprint density at radius 2 is 0.806 bits per heavy atom. The van der Waals surface area contributed by atoms with Gasteiger partial charge in [0.15, 0.2) is 0 Å². The lowest BCUT2D eigenvalue weighted by atomic mass is 10.0. The molecule has 3 N–H and O–H groups in total. The molecule has 0 saturated carbocycles. The molecule has 0 aromatic rings. The van der Waals surface area contributed by atoms with Crippen molar-refractivity contribution in [3.63, 3.8) is 0 Å². The molecule has 1 amide bonds. The molecule has 0 bridgehead atoms. The van der Waals surface area contributed by atoms with E-state index in [1.54, 1.807) is 0 Å². The van der Waals surface area contributed by atoms with E-state index in [4.69, 9.17) is 4.74 Å². The maximum atomic E-state index is 13.3. The van der Waals surface area contributed by atoms with Crippen LogP contribution in [0.1, 0.15) is 290 Å². The first-order valence-electron chi connectivity index (χ1n) is 29.0. The van der Waals surface area contributed by atoms with Crippen molar-refractivity contribution in [2.75, 3.05) is 6.61 Å². The Kier molecular flexibility index (Phi) is 52.5. The van der Waals surface area contributed by atoms with Crippen molar-refractivity contribution in [2.24, 2.45) is 0 Å². The fourth-order valence-corrected chi connectivity index (χ4v) is 8.75. The Morgan fingerprint density at radius 3 is 1.21 bits per heavy atom. The second kappa shape index (κ2) is 54.5. The number of carbonyl (C=O) groups excluding carboxylic acids is 2. The number of unbranched alkanes of at least 4 members (excludes halogenated alkanes) is 30. The summed E-state index contributed by atoms with van der Waals surface area (Å²) in [5, 5.41) is 23.9. The zero-order valence-corrected chi connectivity index (χ0v) is 44.5. The van der Waals surface area contributed by atoms with Gasteiger partial charge in [-0.1, -0.05) is 268 Å². The van der Waals surface area contributed by atoms with Gasteiger partial charge in [-0.05, 0) is 70.6 Å². The van der Waals surface area contributed by atoms with Gasteiger partial charge in [0.2, 0.25) is 5.91 Å². The predicted molar refractivity (Wildman–Crippen MR) is 292 cm³/mol. The molecule has 0 saturated heterocycles. The monoisotopic (exact) mass is 938 g/mol. The van der Waals surface area contributed by atoms with E-state index in [-0.39, 0.29) is 24.9 Å². The van der Waals surface area contributed by atoms with Crippen molar-refractivity contribution < 1.29 is 24.5 Å². The number of allylic oxidation sites excluding steroid dienone is 10. The zero-order chi connectivity index (χ0) is 48.8. The molecule has 0 heterocycles. The Bertz CT molecular complexity index is 1190. The fraction of sp³-hybridized carbons (Fsp3) is 0.803. The van der Waals surface area contributed by atoms with Gasteiger partial charge in [0.1, 0.15) is 6.10 Å². The van der Waals surface area contributed by atoms with Gasteiger partial charge in [0.05, 0.1) is 25.2 Å². The van der Waals surface area contributed by atoms with Crippen molar-refractivity contribution in [1.29, 1.82) is 0 Å². The normalized spacial score (nSPS) is 13.6. The standard InChI is InChI=1S/C61H111NO5/c1-4-7-10-13-16-19-22-25-27-29-30-32-34-36-39-42-45-48-51-54-61(66)67-57(52-49-46-43-40-37-24-21-18-15-12-9-6-3)55-60(65)62-58(56-63)59(64)53-50-47-44-41-38-35-33-31-28-26-23-20-17-14-11-8-5-2/h7,10,16,19,25,27,30,32,36,39,57-59,63-64H,4-6,8-9,11-15,17-18,20-24,26,28-29,31,33-35,37-38,40-56H2,1-3H3,(H,62,65)/b10-7-,19-16-,27-25-,32-30-,39-36-. The third-order valence-corrected chi connectivity index (χ3v) is 13.1. The Balaban J connectivity index is 4.53. The van der Waals surface area contributed by atoms with Crippen LogP contribution in [-0.4, -0.2) is 46.9 Å². The number of rotatable bonds is 52. The SMILES string of the molecule is CC/C=C\C/C=C\C/C=C\C/C=C\C/C=C\CCCCCC(=O)OC(CCCCCCCCCCCCCC)CC(=O)NC(CO)C(O)CCCCCCCCCCCCCCCCCCC. The molecule has 0 aromatic heterocycles. The molecule has 0 aliphatic rings. The number of carbonyl (C=O) groups is 2. The molecule has 3 unspecified atom stereocenters. The van der Waals surface area contributed by atoms with Gasteiger partial charge in [0.25, 0.3) is 0 Å². The first kappa shape index (κ1) is 64.6. The van der Waals surface area contributed by atoms with Gasteiger partial charge >= 0.3 is 5.97 Å². The molecule has 390 valence electrons. The van der Waals surface area contributed by atoms with Crippen LogP contribution in [0, 0.1) is 0 Å². The summed E-state index contributed by atoms with van der Waals surface area (Å²) in [6.45, 7) is 6.39. The molecule has 6 heteroatoms. The molecule has 0 rings (SSSR count). The zero-order valence-electron chi connectivity index (χ0n) is 44.5. The van der Waals surface area contributed by atoms with Crippen molar-refractivity contribution in [2.45, 2.75) is 309 Å². The lowest BCUT2D eigenvalue weighted by Crippen LogP contribution is -2.46. The molecule has 6 nitrogen and oxygen atoms in total. The summed E-state index contributed by atoms with van der Waals surface area (Å²) in [5.41, 5.74) is 0. The van der Waals surface area contributed by atoms with Crippen LogP contribution in [-0.2, 0) is 14.3 Å². The summed E-state index contributed by atoms with van der Waals surface area (Å²) in [4.78, 5) is 26.3. The first-order valence-corrected chi connectivity index (χ1v) is 29.0. The summed E-state index contributed by atoms with van der Waals surface area (Å²) in [5.74, 6) is -0.501. The highest BCUT2D eigenvalue weighted by molar-refractivity contribution is 5.77. The van der Waals surface area contributed by atoms with Crippen LogP contribution >= 0.6 is 0 Å². The maximum absolute atomic E-state index is 13.3. The van der Waals surface area contributed by atoms with Crippen LogP contribution in [0.2, 0.25) is 0 Å². The Labute approximate surface area is 416 Å². The minimum atomic E-state index is -0.794. The molecule has 0 fully saturated rings. The average Bonchev–Trinajstić information content (AvgIpc) is 3.32. The number of aliphatic hydroxyl groups is 2. The highest BCUT2D eigenvalue weighted by atomic mass is 16.5. The maximum Gasteiger partial charge on any atom is 0.306 e. The van der Waals surface area contributed by atoms with Crippen molar-refractivity contribution in [3.8, 4) is 0 Å². The highest BCUT2D eigenvalue weighted by Crippen LogP contribution is 2.18. The number of aliphatic hydroxyl groups excluding tert-OH is 2. The quantitative estimate of drug-likeness (QED) is 0.0321. The van der Waals surface area contributed by atoms with Crippen LogP contribution in [0.5, 0.6) is 0 Å². The molecule has 0 aliphatic heterocycles. The first-order chi connectivity index (χ1) is 33.0. The van der Waals surface area contributed by atoms with E-state index in [1.807, 2.05) is 0 Å². The second-order valence-corrected chi connectivity index (χ2v) is 19.7. The Morgan fingerprint density at radius 1 is 0.448 bits per heavy atom. The van der Waals surface area contributed by atoms with Gasteiger partial charge in [-0.25, -0.2) is 0 Å². The van der Waals surface area contributed by atoms with Crippen molar-refractivity contribution in [3.05, 3.63) is 60.8 Å². The van der Waals surface area contributed by atoms with E-state index in [9.17, 15) is 19.8 Å². The van der Waals surface area contributed by atoms with E-state index in [1.165, 1.54) is 154 Å². The lowest BCUT2D eigenvalue weighted by Gasteiger charge is -2.24. The van der Waals surface area contributed by atoms with E-state index < -0.39 is 18.2 Å². The summed E-state index contributed by atoms with van der Waals surface area (Å²) >= 11 is 0. The van der Waals surface area contributed by atoms with E-state index >= 15 is 0 Å². The fourth-order valence-electron chi connectivity index (χ4n) is 8.75. The number of hydrogen-bond acceptors (Lipinski definition) is 5. The number of amides is 1. The molecule has 3 atom stereocenters. The molecule has 67 heavy (non-hydrogen) atoms. The summed E-state index contributed by atoms with van der Waals surface area (Å²) in [6.07, 6.45) is 68.6. The number of hydrogen-bond donors (Lipinski definition) is 3. The van der Waals surface area contributed by atoms with Crippen molar-refractivity contribution in [1.82, 2.24) is 5.32 Å². The number of esters is 1. The van der Waals surface area contributed by atoms with Gasteiger partial charge < -0.3 is 20.3 Å². The molecule has 0 spiro atoms. The molecule has 0 aromatic carbocycles. The summed E-state index contributed by atoms with van der Waals surface area (Å²) in [7, 11) is 0. The van der Waals surface area contributed by atoms with Gasteiger partial charge in [-0.15, -0.1) is 0 Å². The van der Waals surface area contributed by atoms with Gasteiger partial charge in [0, 0.05) is 6.42 Å². The van der Waals surface area contributed by atoms with E-state index in [2.05, 4.69) is 86.8 Å². The van der Waals surface area contributed by atoms with E-state index in [0.29, 0.717) is 19.3 Å². The largest absolute Gasteiger partial charge is 0.462 e.